The molecular formula is C21H33BN. The average molecular weight is 310 g/mol. The van der Waals surface area contributed by atoms with E-state index in [0.29, 0.717) is 0 Å². The number of para-hydroxylation sites is 1. The number of rotatable bonds is 0. The van der Waals surface area contributed by atoms with Crippen molar-refractivity contribution < 1.29 is 0 Å². The van der Waals surface area contributed by atoms with Crippen LogP contribution in [0.5, 0.6) is 0 Å². The number of nitrogens with zero attached hydrogens (tertiary/aromatic N) is 1. The molecule has 2 heteroatoms. The van der Waals surface area contributed by atoms with Crippen LogP contribution in [0.4, 0.5) is 5.69 Å². The molecule has 1 nitrogen and oxygen atoms in total. The minimum Gasteiger partial charge on any atom is -0.269 e. The van der Waals surface area contributed by atoms with Gasteiger partial charge in [0.25, 0.3) is 0 Å². The second kappa shape index (κ2) is 13.8. The van der Waals surface area contributed by atoms with Crippen LogP contribution in [0.3, 0.4) is 0 Å². The Bertz CT molecular complexity index is 535. The minimum atomic E-state index is 0. The molecule has 0 saturated heterocycles. The smallest absolute Gasteiger partial charge is 0.213 e. The fraction of sp³-hybridized carbons (Fsp3) is 0.381. The predicted octanol–water partition coefficient (Wildman–Crippen LogP) is 6.07. The molecule has 0 amide bonds. The normalized spacial score (nSPS) is 9.78. The first-order valence-corrected chi connectivity index (χ1v) is 8.17. The molecule has 1 radical (unpaired) electrons. The van der Waals surface area contributed by atoms with E-state index < -0.39 is 0 Å². The second-order valence-electron chi connectivity index (χ2n) is 4.61. The molecule has 2 aromatic carbocycles. The van der Waals surface area contributed by atoms with Gasteiger partial charge in [0.1, 0.15) is 0 Å². The van der Waals surface area contributed by atoms with E-state index in [0.717, 1.165) is 11.3 Å². The molecule has 0 aliphatic carbocycles. The molecule has 0 atom stereocenters. The number of fused-ring (bicyclic) bond motifs is 1. The van der Waals surface area contributed by atoms with Crippen molar-refractivity contribution in [2.24, 2.45) is 4.99 Å². The van der Waals surface area contributed by atoms with Gasteiger partial charge in [0.15, 0.2) is 0 Å². The van der Waals surface area contributed by atoms with Gasteiger partial charge in [-0.15, -0.1) is 0 Å². The number of aryl methyl sites for hydroxylation is 2. The lowest BCUT2D eigenvalue weighted by atomic mass is 9.68. The van der Waals surface area contributed by atoms with Crippen LogP contribution in [0.1, 0.15) is 53.2 Å². The first-order valence-electron chi connectivity index (χ1n) is 8.17. The second-order valence-corrected chi connectivity index (χ2v) is 4.61. The van der Waals surface area contributed by atoms with Crippen molar-refractivity contribution in [2.45, 2.75) is 55.9 Å². The molecule has 0 bridgehead atoms. The first kappa shape index (κ1) is 23.4. The van der Waals surface area contributed by atoms with Gasteiger partial charge in [-0.25, -0.2) is 0 Å². The van der Waals surface area contributed by atoms with E-state index in [4.69, 9.17) is 0 Å². The lowest BCUT2D eigenvalue weighted by Gasteiger charge is -1.91. The summed E-state index contributed by atoms with van der Waals surface area (Å²) >= 11 is 0. The third-order valence-corrected chi connectivity index (χ3v) is 2.82. The van der Waals surface area contributed by atoms with Crippen LogP contribution < -0.4 is 5.46 Å². The molecule has 3 rings (SSSR count). The van der Waals surface area contributed by atoms with Crippen molar-refractivity contribution in [1.82, 2.24) is 0 Å². The zero-order valence-corrected chi connectivity index (χ0v) is 15.1. The van der Waals surface area contributed by atoms with Gasteiger partial charge in [0, 0.05) is 0 Å². The van der Waals surface area contributed by atoms with Gasteiger partial charge in [0.05, 0.1) is 5.69 Å². The van der Waals surface area contributed by atoms with Crippen molar-refractivity contribution in [3.8, 4) is 0 Å². The Kier molecular flexibility index (Phi) is 14.1. The van der Waals surface area contributed by atoms with Gasteiger partial charge in [-0.1, -0.05) is 94.2 Å². The van der Waals surface area contributed by atoms with E-state index in [1.165, 1.54) is 16.6 Å². The fourth-order valence-electron chi connectivity index (χ4n) is 1.80. The lowest BCUT2D eigenvalue weighted by Crippen LogP contribution is -2.14. The van der Waals surface area contributed by atoms with Crippen LogP contribution in [0.15, 0.2) is 53.5 Å². The lowest BCUT2D eigenvalue weighted by molar-refractivity contribution is 1.40. The molecule has 0 unspecified atom stereocenters. The molecule has 0 fully saturated rings. The first-order chi connectivity index (χ1) is 10.6. The van der Waals surface area contributed by atoms with E-state index in [1.807, 2.05) is 52.8 Å². The number of hydrogen-bond donors (Lipinski definition) is 0. The molecule has 0 aromatic heterocycles. The van der Waals surface area contributed by atoms with E-state index in [-0.39, 0.29) is 7.43 Å². The maximum Gasteiger partial charge on any atom is 0.213 e. The van der Waals surface area contributed by atoms with Gasteiger partial charge < -0.3 is 0 Å². The number of hydrogen-bond acceptors (Lipinski definition) is 1. The molecular weight excluding hydrogens is 277 g/mol. The van der Waals surface area contributed by atoms with Gasteiger partial charge in [-0.2, -0.15) is 0 Å². The summed E-state index contributed by atoms with van der Waals surface area (Å²) in [5.74, 6) is 0. The maximum absolute atomic E-state index is 4.31. The fourth-order valence-corrected chi connectivity index (χ4v) is 1.80. The monoisotopic (exact) mass is 310 g/mol. The highest BCUT2D eigenvalue weighted by Crippen LogP contribution is 2.12. The molecule has 0 spiro atoms. The predicted molar refractivity (Wildman–Crippen MR) is 110 cm³/mol. The molecule has 1 heterocycles. The zero-order chi connectivity index (χ0) is 17.0. The number of aliphatic imine (C=N–C) groups is 1. The van der Waals surface area contributed by atoms with E-state index in [2.05, 4.69) is 56.5 Å². The highest BCUT2D eigenvalue weighted by molar-refractivity contribution is 6.87. The zero-order valence-electron chi connectivity index (χ0n) is 15.1. The summed E-state index contributed by atoms with van der Waals surface area (Å²) in [4.78, 5) is 4.31. The Hall–Kier alpha value is -1.83. The Morgan fingerprint density at radius 3 is 1.57 bits per heavy atom. The molecule has 0 saturated carbocycles. The van der Waals surface area contributed by atoms with Gasteiger partial charge in [-0.05, 0) is 32.4 Å². The van der Waals surface area contributed by atoms with Crippen LogP contribution in [0.25, 0.3) is 0 Å². The molecule has 125 valence electrons. The van der Waals surface area contributed by atoms with E-state index >= 15 is 0 Å². The SMILES string of the molecule is C.CC.CC.CC1=Nc2ccccc2[B]1.Cc1ccc(C)cc1. The Labute approximate surface area is 145 Å². The minimum absolute atomic E-state index is 0. The summed E-state index contributed by atoms with van der Waals surface area (Å²) in [6.45, 7) is 14.2. The summed E-state index contributed by atoms with van der Waals surface area (Å²) in [5.41, 5.74) is 6.09. The van der Waals surface area contributed by atoms with E-state index in [1.54, 1.807) is 0 Å². The van der Waals surface area contributed by atoms with Gasteiger partial charge in [0.2, 0.25) is 7.28 Å². The van der Waals surface area contributed by atoms with Crippen molar-refractivity contribution >= 4 is 24.0 Å². The van der Waals surface area contributed by atoms with Crippen molar-refractivity contribution in [3.05, 3.63) is 59.7 Å². The Morgan fingerprint density at radius 1 is 0.696 bits per heavy atom. The van der Waals surface area contributed by atoms with Crippen LogP contribution in [0, 0.1) is 13.8 Å². The third kappa shape index (κ3) is 9.02. The maximum atomic E-state index is 4.31. The highest BCUT2D eigenvalue weighted by atomic mass is 14.7. The molecule has 2 aromatic rings. The molecule has 0 N–H and O–H groups in total. The summed E-state index contributed by atoms with van der Waals surface area (Å²) in [7, 11) is 2.09. The standard InChI is InChI=1S/C8H7BN.C8H10.2C2H6.CH4/c1-6-9-7-4-2-3-5-8(7)10-6;1-7-3-5-8(2)6-4-7;2*1-2;/h2-5H,1H3;3-6H,1-2H3;2*1-2H3;1H4. The van der Waals surface area contributed by atoms with Gasteiger partial charge in [-0.3, -0.25) is 4.99 Å². The highest BCUT2D eigenvalue weighted by Gasteiger charge is 2.10. The molecule has 1 aliphatic rings. The van der Waals surface area contributed by atoms with Crippen LogP contribution in [-0.4, -0.2) is 12.9 Å². The average Bonchev–Trinajstić information content (AvgIpc) is 2.95. The van der Waals surface area contributed by atoms with Crippen molar-refractivity contribution in [3.63, 3.8) is 0 Å². The van der Waals surface area contributed by atoms with Gasteiger partial charge >= 0.3 is 0 Å². The molecule has 23 heavy (non-hydrogen) atoms. The van der Waals surface area contributed by atoms with Crippen LogP contribution in [0.2, 0.25) is 0 Å². The van der Waals surface area contributed by atoms with Crippen molar-refractivity contribution in [1.29, 1.82) is 0 Å². The number of benzene rings is 2. The quantitative estimate of drug-likeness (QED) is 0.523. The molecule has 1 aliphatic heterocycles. The topological polar surface area (TPSA) is 12.4 Å². The summed E-state index contributed by atoms with van der Waals surface area (Å²) in [5, 5.41) is 0. The Morgan fingerprint density at radius 2 is 1.13 bits per heavy atom. The van der Waals surface area contributed by atoms with Crippen LogP contribution >= 0.6 is 0 Å². The summed E-state index contributed by atoms with van der Waals surface area (Å²) in [6, 6.07) is 16.6. The Balaban J connectivity index is 0. The third-order valence-electron chi connectivity index (χ3n) is 2.82. The van der Waals surface area contributed by atoms with Crippen molar-refractivity contribution in [2.75, 3.05) is 0 Å². The summed E-state index contributed by atoms with van der Waals surface area (Å²) in [6.07, 6.45) is 0. The van der Waals surface area contributed by atoms with E-state index in [9.17, 15) is 0 Å². The largest absolute Gasteiger partial charge is 0.269 e. The summed E-state index contributed by atoms with van der Waals surface area (Å²) < 4.78 is 0. The van der Waals surface area contributed by atoms with Crippen LogP contribution in [-0.2, 0) is 0 Å².